The van der Waals surface area contributed by atoms with Crippen molar-refractivity contribution in [2.24, 2.45) is 0 Å². The predicted octanol–water partition coefficient (Wildman–Crippen LogP) is 1.31. The van der Waals surface area contributed by atoms with Crippen LogP contribution in [0.2, 0.25) is 0 Å². The molecule has 0 saturated carbocycles. The molecule has 0 fully saturated rings. The molecule has 0 radical (unpaired) electrons. The molecule has 6 nitrogen and oxygen atoms in total. The number of hydrogen-bond donors (Lipinski definition) is 2. The minimum absolute atomic E-state index is 0.131. The number of H-pyrrole nitrogens is 1. The molecule has 1 aromatic carbocycles. The summed E-state index contributed by atoms with van der Waals surface area (Å²) in [5.74, 6) is 0.335. The highest BCUT2D eigenvalue weighted by Crippen LogP contribution is 2.12. The fourth-order valence-corrected chi connectivity index (χ4v) is 1.67. The third-order valence-electron chi connectivity index (χ3n) is 2.73. The number of hydrogen-bond acceptors (Lipinski definition) is 4. The summed E-state index contributed by atoms with van der Waals surface area (Å²) in [4.78, 5) is 12.1. The van der Waals surface area contributed by atoms with Crippen LogP contribution in [0.3, 0.4) is 0 Å². The van der Waals surface area contributed by atoms with Crippen molar-refractivity contribution in [1.29, 1.82) is 0 Å². The van der Waals surface area contributed by atoms with E-state index in [1.54, 1.807) is 0 Å². The van der Waals surface area contributed by atoms with Gasteiger partial charge in [-0.25, -0.2) is 0 Å². The number of aromatic nitrogens is 4. The number of carbonyl (C=O) groups is 1. The molecule has 1 unspecified atom stereocenters. The van der Waals surface area contributed by atoms with Gasteiger partial charge in [0.1, 0.15) is 0 Å². The molecule has 1 aromatic heterocycles. The van der Waals surface area contributed by atoms with Crippen molar-refractivity contribution in [2.45, 2.75) is 26.8 Å². The van der Waals surface area contributed by atoms with Crippen molar-refractivity contribution >= 4 is 5.91 Å². The molecule has 0 aliphatic carbocycles. The fourth-order valence-electron chi connectivity index (χ4n) is 1.67. The van der Waals surface area contributed by atoms with Crippen LogP contribution in [0.25, 0.3) is 0 Å². The quantitative estimate of drug-likeness (QED) is 0.854. The minimum Gasteiger partial charge on any atom is -0.342 e. The SMILES string of the molecule is Cc1ccc(C)c(C(=O)NC(C)c2nn[nH]n2)c1. The zero-order chi connectivity index (χ0) is 13.1. The van der Waals surface area contributed by atoms with Crippen molar-refractivity contribution in [2.75, 3.05) is 0 Å². The van der Waals surface area contributed by atoms with Gasteiger partial charge in [-0.2, -0.15) is 5.21 Å². The largest absolute Gasteiger partial charge is 0.342 e. The van der Waals surface area contributed by atoms with Gasteiger partial charge < -0.3 is 5.32 Å². The van der Waals surface area contributed by atoms with E-state index < -0.39 is 0 Å². The van der Waals surface area contributed by atoms with Crippen LogP contribution in [-0.2, 0) is 0 Å². The number of carbonyl (C=O) groups excluding carboxylic acids is 1. The van der Waals surface area contributed by atoms with E-state index in [0.29, 0.717) is 11.4 Å². The summed E-state index contributed by atoms with van der Waals surface area (Å²) in [5, 5.41) is 16.4. The number of tetrazole rings is 1. The van der Waals surface area contributed by atoms with E-state index in [0.717, 1.165) is 11.1 Å². The molecule has 0 aliphatic heterocycles. The Morgan fingerprint density at radius 2 is 2.17 bits per heavy atom. The fraction of sp³-hybridized carbons (Fsp3) is 0.333. The standard InChI is InChI=1S/C12H15N5O/c1-7-4-5-8(2)10(6-7)12(18)13-9(3)11-14-16-17-15-11/h4-6,9H,1-3H3,(H,13,18)(H,14,15,16,17). The summed E-state index contributed by atoms with van der Waals surface area (Å²) in [6.45, 7) is 5.68. The van der Waals surface area contributed by atoms with E-state index in [4.69, 9.17) is 0 Å². The number of benzene rings is 1. The van der Waals surface area contributed by atoms with Gasteiger partial charge in [0, 0.05) is 5.56 Å². The van der Waals surface area contributed by atoms with Gasteiger partial charge in [0.25, 0.3) is 5.91 Å². The van der Waals surface area contributed by atoms with E-state index in [-0.39, 0.29) is 11.9 Å². The molecule has 0 spiro atoms. The zero-order valence-corrected chi connectivity index (χ0v) is 10.6. The smallest absolute Gasteiger partial charge is 0.252 e. The van der Waals surface area contributed by atoms with Crippen LogP contribution in [0, 0.1) is 13.8 Å². The van der Waals surface area contributed by atoms with Gasteiger partial charge in [-0.1, -0.05) is 22.9 Å². The number of amides is 1. The molecule has 2 N–H and O–H groups in total. The third kappa shape index (κ3) is 2.53. The summed E-state index contributed by atoms with van der Waals surface area (Å²) < 4.78 is 0. The number of nitrogens with zero attached hydrogens (tertiary/aromatic N) is 3. The van der Waals surface area contributed by atoms with Crippen molar-refractivity contribution in [3.8, 4) is 0 Å². The molecule has 2 rings (SSSR count). The molecule has 94 valence electrons. The van der Waals surface area contributed by atoms with E-state index in [9.17, 15) is 4.79 Å². The number of nitrogens with one attached hydrogen (secondary N) is 2. The van der Waals surface area contributed by atoms with Gasteiger partial charge >= 0.3 is 0 Å². The summed E-state index contributed by atoms with van der Waals surface area (Å²) in [5.41, 5.74) is 2.67. The Morgan fingerprint density at radius 1 is 1.39 bits per heavy atom. The Kier molecular flexibility index (Phi) is 3.36. The highest BCUT2D eigenvalue weighted by atomic mass is 16.1. The Bertz CT molecular complexity index is 550. The zero-order valence-electron chi connectivity index (χ0n) is 10.6. The molecule has 1 amide bonds. The minimum atomic E-state index is -0.281. The van der Waals surface area contributed by atoms with E-state index >= 15 is 0 Å². The van der Waals surface area contributed by atoms with Gasteiger partial charge in [0.05, 0.1) is 6.04 Å². The Balaban J connectivity index is 2.15. The predicted molar refractivity (Wildman–Crippen MR) is 66.0 cm³/mol. The average Bonchev–Trinajstić information content (AvgIpc) is 2.85. The third-order valence-corrected chi connectivity index (χ3v) is 2.73. The van der Waals surface area contributed by atoms with E-state index in [1.165, 1.54) is 0 Å². The monoisotopic (exact) mass is 245 g/mol. The molecule has 1 heterocycles. The lowest BCUT2D eigenvalue weighted by Crippen LogP contribution is -2.28. The number of aryl methyl sites for hydroxylation is 2. The first kappa shape index (κ1) is 12.2. The summed E-state index contributed by atoms with van der Waals surface area (Å²) >= 11 is 0. The lowest BCUT2D eigenvalue weighted by Gasteiger charge is -2.12. The highest BCUT2D eigenvalue weighted by Gasteiger charge is 2.16. The van der Waals surface area contributed by atoms with Crippen molar-refractivity contribution < 1.29 is 4.79 Å². The van der Waals surface area contributed by atoms with Crippen LogP contribution >= 0.6 is 0 Å². The van der Waals surface area contributed by atoms with Gasteiger partial charge in [-0.3, -0.25) is 4.79 Å². The first-order valence-electron chi connectivity index (χ1n) is 5.69. The molecule has 2 aromatic rings. The van der Waals surface area contributed by atoms with Gasteiger partial charge in [0.2, 0.25) is 0 Å². The maximum atomic E-state index is 12.1. The number of rotatable bonds is 3. The highest BCUT2D eigenvalue weighted by molar-refractivity contribution is 5.96. The molecule has 0 saturated heterocycles. The van der Waals surface area contributed by atoms with Crippen molar-refractivity contribution in [3.05, 3.63) is 40.7 Å². The summed E-state index contributed by atoms with van der Waals surface area (Å²) in [6.07, 6.45) is 0. The van der Waals surface area contributed by atoms with Crippen LogP contribution in [0.4, 0.5) is 0 Å². The molecular formula is C12H15N5O. The van der Waals surface area contributed by atoms with Crippen LogP contribution < -0.4 is 5.32 Å². The van der Waals surface area contributed by atoms with Crippen LogP contribution in [-0.4, -0.2) is 26.5 Å². The molecule has 0 bridgehead atoms. The maximum absolute atomic E-state index is 12.1. The second-order valence-electron chi connectivity index (χ2n) is 4.28. The molecule has 18 heavy (non-hydrogen) atoms. The molecule has 6 heteroatoms. The second-order valence-corrected chi connectivity index (χ2v) is 4.28. The molecule has 1 atom stereocenters. The Labute approximate surface area is 105 Å². The normalized spacial score (nSPS) is 12.2. The molecule has 0 aliphatic rings. The van der Waals surface area contributed by atoms with Gasteiger partial charge in [0.15, 0.2) is 5.82 Å². The summed E-state index contributed by atoms with van der Waals surface area (Å²) in [7, 11) is 0. The number of aromatic amines is 1. The van der Waals surface area contributed by atoms with Gasteiger partial charge in [-0.05, 0) is 32.4 Å². The van der Waals surface area contributed by atoms with Crippen LogP contribution in [0.5, 0.6) is 0 Å². The Hall–Kier alpha value is -2.24. The van der Waals surface area contributed by atoms with Crippen LogP contribution in [0.15, 0.2) is 18.2 Å². The van der Waals surface area contributed by atoms with E-state index in [2.05, 4.69) is 25.9 Å². The first-order chi connectivity index (χ1) is 8.58. The van der Waals surface area contributed by atoms with Gasteiger partial charge in [-0.15, -0.1) is 10.2 Å². The van der Waals surface area contributed by atoms with E-state index in [1.807, 2.05) is 39.0 Å². The van der Waals surface area contributed by atoms with Crippen molar-refractivity contribution in [3.63, 3.8) is 0 Å². The first-order valence-corrected chi connectivity index (χ1v) is 5.69. The maximum Gasteiger partial charge on any atom is 0.252 e. The van der Waals surface area contributed by atoms with Crippen LogP contribution in [0.1, 0.15) is 40.3 Å². The average molecular weight is 245 g/mol. The second kappa shape index (κ2) is 4.95. The topological polar surface area (TPSA) is 83.6 Å². The molecular weight excluding hydrogens is 230 g/mol. The van der Waals surface area contributed by atoms with Crippen molar-refractivity contribution in [1.82, 2.24) is 25.9 Å². The Morgan fingerprint density at radius 3 is 2.83 bits per heavy atom. The summed E-state index contributed by atoms with van der Waals surface area (Å²) in [6, 6.07) is 5.50. The lowest BCUT2D eigenvalue weighted by molar-refractivity contribution is 0.0937. The lowest BCUT2D eigenvalue weighted by atomic mass is 10.0.